The van der Waals surface area contributed by atoms with Crippen LogP contribution in [0.1, 0.15) is 44.9 Å². The molecule has 0 fully saturated rings. The van der Waals surface area contributed by atoms with Gasteiger partial charge < -0.3 is 0 Å². The molecule has 14 heavy (non-hydrogen) atoms. The van der Waals surface area contributed by atoms with Crippen molar-refractivity contribution >= 4 is 6.08 Å². The van der Waals surface area contributed by atoms with E-state index in [-0.39, 0.29) is 7.43 Å². The summed E-state index contributed by atoms with van der Waals surface area (Å²) in [6.07, 6.45) is 4.21. The molecule has 1 aromatic carbocycles. The molecule has 0 radical (unpaired) electrons. The van der Waals surface area contributed by atoms with Gasteiger partial charge in [-0.2, -0.15) is 0 Å². The molecule has 0 aliphatic rings. The molecular weight excluding hydrogens is 168 g/mol. The Labute approximate surface area is 89.7 Å². The van der Waals surface area contributed by atoms with Gasteiger partial charge in [0.05, 0.1) is 0 Å². The van der Waals surface area contributed by atoms with Crippen molar-refractivity contribution in [3.8, 4) is 0 Å². The van der Waals surface area contributed by atoms with Crippen LogP contribution in [0.25, 0.3) is 6.08 Å². The highest BCUT2D eigenvalue weighted by molar-refractivity contribution is 5.54. The molecule has 0 aliphatic heterocycles. The predicted molar refractivity (Wildman–Crippen MR) is 68.7 cm³/mol. The Morgan fingerprint density at radius 1 is 1.07 bits per heavy atom. The fourth-order valence-electron chi connectivity index (χ4n) is 1.12. The second-order valence-corrected chi connectivity index (χ2v) is 2.86. The van der Waals surface area contributed by atoms with Crippen molar-refractivity contribution in [3.63, 3.8) is 0 Å². The van der Waals surface area contributed by atoms with Crippen molar-refractivity contribution in [1.29, 1.82) is 0 Å². The summed E-state index contributed by atoms with van der Waals surface area (Å²) in [6.45, 7) is 10.3. The van der Waals surface area contributed by atoms with E-state index in [4.69, 9.17) is 0 Å². The van der Waals surface area contributed by atoms with Crippen LogP contribution in [0.3, 0.4) is 0 Å². The van der Waals surface area contributed by atoms with Crippen molar-refractivity contribution < 1.29 is 0 Å². The van der Waals surface area contributed by atoms with E-state index < -0.39 is 0 Å². The first kappa shape index (κ1) is 15.4. The van der Waals surface area contributed by atoms with Crippen LogP contribution in [0.2, 0.25) is 0 Å². The first-order valence-electron chi connectivity index (χ1n) is 4.94. The smallest absolute Gasteiger partial charge is 0.0228 e. The average Bonchev–Trinajstić information content (AvgIpc) is 2.15. The first-order chi connectivity index (χ1) is 6.24. The van der Waals surface area contributed by atoms with E-state index in [1.54, 1.807) is 0 Å². The topological polar surface area (TPSA) is 0 Å². The Bertz CT molecular complexity index is 269. The first-order valence-corrected chi connectivity index (χ1v) is 4.94. The highest BCUT2D eigenvalue weighted by Crippen LogP contribution is 2.11. The van der Waals surface area contributed by atoms with Gasteiger partial charge in [0, 0.05) is 0 Å². The van der Waals surface area contributed by atoms with Crippen molar-refractivity contribution in [3.05, 3.63) is 41.0 Å². The van der Waals surface area contributed by atoms with Gasteiger partial charge in [0.1, 0.15) is 0 Å². The van der Waals surface area contributed by atoms with Crippen LogP contribution in [0.4, 0.5) is 0 Å². The second kappa shape index (κ2) is 8.55. The molecule has 0 nitrogen and oxygen atoms in total. The van der Waals surface area contributed by atoms with Gasteiger partial charge in [-0.1, -0.05) is 57.2 Å². The van der Waals surface area contributed by atoms with Gasteiger partial charge in [-0.3, -0.25) is 0 Å². The van der Waals surface area contributed by atoms with Crippen molar-refractivity contribution in [2.75, 3.05) is 0 Å². The number of allylic oxidation sites excluding steroid dienone is 1. The lowest BCUT2D eigenvalue weighted by Gasteiger charge is -2.00. The van der Waals surface area contributed by atoms with Crippen LogP contribution in [0, 0.1) is 13.8 Å². The maximum Gasteiger partial charge on any atom is -0.0228 e. The molecule has 0 N–H and O–H groups in total. The Kier molecular flexibility index (Phi) is 9.43. The van der Waals surface area contributed by atoms with Gasteiger partial charge >= 0.3 is 0 Å². The number of aryl methyl sites for hydroxylation is 2. The van der Waals surface area contributed by atoms with E-state index in [1.807, 2.05) is 20.8 Å². The van der Waals surface area contributed by atoms with Crippen LogP contribution in [-0.2, 0) is 0 Å². The molecule has 0 saturated carbocycles. The Morgan fingerprint density at radius 2 is 1.64 bits per heavy atom. The Morgan fingerprint density at radius 3 is 2.14 bits per heavy atom. The minimum atomic E-state index is 0. The lowest BCUT2D eigenvalue weighted by atomic mass is 10.1. The SMILES string of the molecule is C.C/C=C\c1cc(C)ccc1C.CC. The fourth-order valence-corrected chi connectivity index (χ4v) is 1.12. The third-order valence-electron chi connectivity index (χ3n) is 1.78. The summed E-state index contributed by atoms with van der Waals surface area (Å²) < 4.78 is 0. The van der Waals surface area contributed by atoms with Gasteiger partial charge in [0.2, 0.25) is 0 Å². The second-order valence-electron chi connectivity index (χ2n) is 2.86. The molecule has 1 rings (SSSR count). The van der Waals surface area contributed by atoms with Gasteiger partial charge in [0.15, 0.2) is 0 Å². The van der Waals surface area contributed by atoms with Crippen molar-refractivity contribution in [2.24, 2.45) is 0 Å². The third kappa shape index (κ3) is 4.86. The summed E-state index contributed by atoms with van der Waals surface area (Å²) in [6, 6.07) is 6.50. The zero-order valence-electron chi connectivity index (χ0n) is 9.39. The fraction of sp³-hybridized carbons (Fsp3) is 0.429. The monoisotopic (exact) mass is 192 g/mol. The molecule has 0 amide bonds. The van der Waals surface area contributed by atoms with E-state index >= 15 is 0 Å². The zero-order valence-corrected chi connectivity index (χ0v) is 9.39. The minimum absolute atomic E-state index is 0. The van der Waals surface area contributed by atoms with Crippen LogP contribution < -0.4 is 0 Å². The molecule has 0 bridgehead atoms. The highest BCUT2D eigenvalue weighted by atomic mass is 14.0. The molecule has 0 heteroatoms. The summed E-state index contributed by atoms with van der Waals surface area (Å²) in [5, 5.41) is 0. The van der Waals surface area contributed by atoms with Crippen LogP contribution >= 0.6 is 0 Å². The van der Waals surface area contributed by atoms with Gasteiger partial charge in [-0.05, 0) is 31.9 Å². The third-order valence-corrected chi connectivity index (χ3v) is 1.78. The lowest BCUT2D eigenvalue weighted by Crippen LogP contribution is -1.81. The van der Waals surface area contributed by atoms with Crippen LogP contribution in [-0.4, -0.2) is 0 Å². The van der Waals surface area contributed by atoms with E-state index in [1.165, 1.54) is 16.7 Å². The van der Waals surface area contributed by atoms with E-state index in [2.05, 4.69) is 44.2 Å². The molecule has 80 valence electrons. The molecule has 1 aromatic rings. The van der Waals surface area contributed by atoms with Gasteiger partial charge in [0.25, 0.3) is 0 Å². The average molecular weight is 192 g/mol. The maximum atomic E-state index is 2.20. The quantitative estimate of drug-likeness (QED) is 0.587. The number of rotatable bonds is 1. The predicted octanol–water partition coefficient (Wildman–Crippen LogP) is 5.00. The van der Waals surface area contributed by atoms with Crippen LogP contribution in [0.15, 0.2) is 24.3 Å². The summed E-state index contributed by atoms with van der Waals surface area (Å²) in [5.41, 5.74) is 3.99. The normalized spacial score (nSPS) is 8.93. The van der Waals surface area contributed by atoms with Crippen molar-refractivity contribution in [1.82, 2.24) is 0 Å². The van der Waals surface area contributed by atoms with E-state index in [0.29, 0.717) is 0 Å². The number of hydrogen-bond donors (Lipinski definition) is 0. The summed E-state index contributed by atoms with van der Waals surface area (Å²) in [5.74, 6) is 0. The lowest BCUT2D eigenvalue weighted by molar-refractivity contribution is 1.37. The van der Waals surface area contributed by atoms with Gasteiger partial charge in [-0.25, -0.2) is 0 Å². The standard InChI is InChI=1S/C11H14.C2H6.CH4/c1-4-5-11-8-9(2)6-7-10(11)3;1-2;/h4-8H,1-3H3;1-2H3;1H4/b5-4-;;. The Balaban J connectivity index is 0. The molecular formula is C14H24. The molecule has 0 saturated heterocycles. The molecule has 0 aliphatic carbocycles. The molecule has 0 aromatic heterocycles. The summed E-state index contributed by atoms with van der Waals surface area (Å²) >= 11 is 0. The van der Waals surface area contributed by atoms with Crippen LogP contribution in [0.5, 0.6) is 0 Å². The number of hydrogen-bond acceptors (Lipinski definition) is 0. The summed E-state index contributed by atoms with van der Waals surface area (Å²) in [7, 11) is 0. The van der Waals surface area contributed by atoms with E-state index in [0.717, 1.165) is 0 Å². The highest BCUT2D eigenvalue weighted by Gasteiger charge is 1.92. The summed E-state index contributed by atoms with van der Waals surface area (Å²) in [4.78, 5) is 0. The molecule has 0 atom stereocenters. The molecule has 0 spiro atoms. The van der Waals surface area contributed by atoms with Crippen molar-refractivity contribution in [2.45, 2.75) is 42.0 Å². The Hall–Kier alpha value is -1.04. The number of benzene rings is 1. The van der Waals surface area contributed by atoms with E-state index in [9.17, 15) is 0 Å². The molecule has 0 heterocycles. The van der Waals surface area contributed by atoms with Gasteiger partial charge in [-0.15, -0.1) is 0 Å². The molecule has 0 unspecified atom stereocenters. The minimum Gasteiger partial charge on any atom is -0.0871 e. The maximum absolute atomic E-state index is 2.20. The largest absolute Gasteiger partial charge is 0.0871 e. The zero-order chi connectivity index (χ0) is 10.3.